The van der Waals surface area contributed by atoms with Crippen LogP contribution in [0.5, 0.6) is 0 Å². The minimum absolute atomic E-state index is 0.684. The summed E-state index contributed by atoms with van der Waals surface area (Å²) in [6, 6.07) is 0. The summed E-state index contributed by atoms with van der Waals surface area (Å²) < 4.78 is 0. The predicted molar refractivity (Wildman–Crippen MR) is 92.4 cm³/mol. The van der Waals surface area contributed by atoms with Crippen molar-refractivity contribution in [2.24, 2.45) is 29.1 Å². The fourth-order valence-electron chi connectivity index (χ4n) is 6.35. The van der Waals surface area contributed by atoms with E-state index in [1.54, 1.807) is 44.9 Å². The summed E-state index contributed by atoms with van der Waals surface area (Å²) in [6.07, 6.45) is 21.4. The van der Waals surface area contributed by atoms with Crippen molar-refractivity contribution in [3.63, 3.8) is 0 Å². The predicted octanol–water partition coefficient (Wildman–Crippen LogP) is 6.98. The fourth-order valence-corrected chi connectivity index (χ4v) is 6.35. The molecule has 3 aliphatic carbocycles. The highest BCUT2D eigenvalue weighted by Gasteiger charge is 2.47. The van der Waals surface area contributed by atoms with Crippen LogP contribution in [0, 0.1) is 29.1 Å². The molecule has 0 aromatic heterocycles. The second-order valence-corrected chi connectivity index (χ2v) is 8.96. The Morgan fingerprint density at radius 3 is 2.10 bits per heavy atom. The molecule has 21 heavy (non-hydrogen) atoms. The highest BCUT2D eigenvalue weighted by atomic mass is 14.5. The summed E-state index contributed by atoms with van der Waals surface area (Å²) in [7, 11) is 0. The molecule has 122 valence electrons. The molecule has 0 N–H and O–H groups in total. The van der Waals surface area contributed by atoms with Crippen LogP contribution in [0.3, 0.4) is 0 Å². The van der Waals surface area contributed by atoms with Crippen LogP contribution >= 0.6 is 0 Å². The molecule has 0 aromatic rings. The Morgan fingerprint density at radius 2 is 1.38 bits per heavy atom. The summed E-state index contributed by atoms with van der Waals surface area (Å²) in [4.78, 5) is 0. The molecule has 0 amide bonds. The van der Waals surface area contributed by atoms with Gasteiger partial charge in [-0.2, -0.15) is 0 Å². The van der Waals surface area contributed by atoms with E-state index in [9.17, 15) is 0 Å². The van der Waals surface area contributed by atoms with Gasteiger partial charge in [0, 0.05) is 0 Å². The lowest BCUT2D eigenvalue weighted by atomic mass is 9.54. The third-order valence-electron chi connectivity index (χ3n) is 8.01. The van der Waals surface area contributed by atoms with Crippen LogP contribution in [0.4, 0.5) is 0 Å². The zero-order valence-electron chi connectivity index (χ0n) is 14.7. The zero-order chi connectivity index (χ0) is 14.7. The van der Waals surface area contributed by atoms with Crippen LogP contribution in [0.25, 0.3) is 0 Å². The second kappa shape index (κ2) is 7.05. The largest absolute Gasteiger partial charge is 0.0620 e. The summed E-state index contributed by atoms with van der Waals surface area (Å²) in [5.74, 6) is 4.17. The van der Waals surface area contributed by atoms with Gasteiger partial charge in [-0.05, 0) is 54.8 Å². The van der Waals surface area contributed by atoms with Gasteiger partial charge in [0.2, 0.25) is 0 Å². The molecule has 0 saturated heterocycles. The van der Waals surface area contributed by atoms with Crippen molar-refractivity contribution < 1.29 is 0 Å². The van der Waals surface area contributed by atoms with E-state index in [1.165, 1.54) is 44.9 Å². The Bertz CT molecular complexity index is 308. The van der Waals surface area contributed by atoms with E-state index < -0.39 is 0 Å². The lowest BCUT2D eigenvalue weighted by Crippen LogP contribution is -2.43. The maximum atomic E-state index is 2.71. The molecule has 3 atom stereocenters. The van der Waals surface area contributed by atoms with E-state index in [2.05, 4.69) is 13.8 Å². The molecule has 3 fully saturated rings. The maximum Gasteiger partial charge on any atom is -0.0244 e. The average Bonchev–Trinajstić information content (AvgIpc) is 3.05. The summed E-state index contributed by atoms with van der Waals surface area (Å²) in [6.45, 7) is 5.30. The molecule has 3 unspecified atom stereocenters. The van der Waals surface area contributed by atoms with Crippen molar-refractivity contribution in [2.75, 3.05) is 0 Å². The van der Waals surface area contributed by atoms with Crippen LogP contribution < -0.4 is 0 Å². The van der Waals surface area contributed by atoms with Crippen molar-refractivity contribution in [1.82, 2.24) is 0 Å². The normalized spacial score (nSPS) is 39.7. The van der Waals surface area contributed by atoms with E-state index >= 15 is 0 Å². The summed E-state index contributed by atoms with van der Waals surface area (Å²) in [5, 5.41) is 0. The minimum atomic E-state index is 0.684. The van der Waals surface area contributed by atoms with Gasteiger partial charge in [-0.25, -0.2) is 0 Å². The van der Waals surface area contributed by atoms with Gasteiger partial charge in [0.25, 0.3) is 0 Å². The molecular weight excluding hydrogens is 252 g/mol. The molecule has 0 aliphatic heterocycles. The molecule has 0 aromatic carbocycles. The first-order valence-electron chi connectivity index (χ1n) is 10.2. The Morgan fingerprint density at radius 1 is 0.714 bits per heavy atom. The van der Waals surface area contributed by atoms with Gasteiger partial charge in [-0.15, -0.1) is 0 Å². The average molecular weight is 291 g/mol. The van der Waals surface area contributed by atoms with Crippen molar-refractivity contribution in [1.29, 1.82) is 0 Å². The second-order valence-electron chi connectivity index (χ2n) is 8.96. The first kappa shape index (κ1) is 15.9. The smallest absolute Gasteiger partial charge is 0.0244 e. The van der Waals surface area contributed by atoms with Crippen LogP contribution in [0.1, 0.15) is 104 Å². The van der Waals surface area contributed by atoms with Gasteiger partial charge in [0.15, 0.2) is 0 Å². The lowest BCUT2D eigenvalue weighted by molar-refractivity contribution is -0.0160. The van der Waals surface area contributed by atoms with Crippen LogP contribution in [-0.2, 0) is 0 Å². The van der Waals surface area contributed by atoms with Crippen molar-refractivity contribution in [3.8, 4) is 0 Å². The van der Waals surface area contributed by atoms with Crippen molar-refractivity contribution in [2.45, 2.75) is 104 Å². The molecule has 3 saturated carbocycles. The van der Waals surface area contributed by atoms with Gasteiger partial charge in [-0.1, -0.05) is 78.1 Å². The lowest BCUT2D eigenvalue weighted by Gasteiger charge is -2.51. The van der Waals surface area contributed by atoms with E-state index in [0.717, 1.165) is 23.7 Å². The van der Waals surface area contributed by atoms with Gasteiger partial charge in [0.1, 0.15) is 0 Å². The van der Waals surface area contributed by atoms with Gasteiger partial charge >= 0.3 is 0 Å². The highest BCUT2D eigenvalue weighted by Crippen LogP contribution is 2.56. The van der Waals surface area contributed by atoms with Gasteiger partial charge in [-0.3, -0.25) is 0 Å². The van der Waals surface area contributed by atoms with E-state index in [4.69, 9.17) is 0 Å². The highest BCUT2D eigenvalue weighted by molar-refractivity contribution is 4.96. The number of hydrogen-bond acceptors (Lipinski definition) is 0. The molecule has 0 heteroatoms. The van der Waals surface area contributed by atoms with Crippen LogP contribution in [0.15, 0.2) is 0 Å². The Balaban J connectivity index is 1.62. The first-order valence-corrected chi connectivity index (χ1v) is 10.2. The van der Waals surface area contributed by atoms with Crippen LogP contribution in [0.2, 0.25) is 0 Å². The molecule has 0 radical (unpaired) electrons. The Hall–Kier alpha value is 0. The molecule has 3 aliphatic rings. The quantitative estimate of drug-likeness (QED) is 0.524. The van der Waals surface area contributed by atoms with Gasteiger partial charge in [0.05, 0.1) is 0 Å². The summed E-state index contributed by atoms with van der Waals surface area (Å²) >= 11 is 0. The first-order chi connectivity index (χ1) is 10.2. The van der Waals surface area contributed by atoms with E-state index in [1.807, 2.05) is 0 Å². The minimum Gasteiger partial charge on any atom is -0.0620 e. The van der Waals surface area contributed by atoms with Crippen molar-refractivity contribution in [3.05, 3.63) is 0 Å². The molecule has 0 nitrogen and oxygen atoms in total. The van der Waals surface area contributed by atoms with E-state index in [-0.39, 0.29) is 0 Å². The topological polar surface area (TPSA) is 0 Å². The standard InChI is InChI=1S/C21H38/c1-17-9-8-14-20(16-15-18-10-4-3-5-11-18)21(17,2)19-12-6-7-13-19/h17-20H,3-16H2,1-2H3. The zero-order valence-corrected chi connectivity index (χ0v) is 14.7. The van der Waals surface area contributed by atoms with Gasteiger partial charge < -0.3 is 0 Å². The molecule has 0 heterocycles. The summed E-state index contributed by atoms with van der Waals surface area (Å²) in [5.41, 5.74) is 0.684. The Labute approximate surface area is 133 Å². The third kappa shape index (κ3) is 3.35. The third-order valence-corrected chi connectivity index (χ3v) is 8.01. The van der Waals surface area contributed by atoms with Crippen molar-refractivity contribution >= 4 is 0 Å². The number of hydrogen-bond donors (Lipinski definition) is 0. The fraction of sp³-hybridized carbons (Fsp3) is 1.00. The SMILES string of the molecule is CC1CCCC(CCC2CCCCC2)C1(C)C1CCCC1. The monoisotopic (exact) mass is 290 g/mol. The maximum absolute atomic E-state index is 2.71. The molecular formula is C21H38. The molecule has 0 spiro atoms. The number of rotatable bonds is 4. The Kier molecular flexibility index (Phi) is 5.33. The molecule has 3 rings (SSSR count). The molecule has 0 bridgehead atoms. The van der Waals surface area contributed by atoms with E-state index in [0.29, 0.717) is 5.41 Å². The van der Waals surface area contributed by atoms with Crippen LogP contribution in [-0.4, -0.2) is 0 Å².